The highest BCUT2D eigenvalue weighted by molar-refractivity contribution is 8.00. The first-order chi connectivity index (χ1) is 9.51. The number of carboxylic acids is 1. The van der Waals surface area contributed by atoms with Gasteiger partial charge in [-0.05, 0) is 32.4 Å². The Morgan fingerprint density at radius 1 is 1.30 bits per heavy atom. The lowest BCUT2D eigenvalue weighted by molar-refractivity contribution is -0.136. The minimum Gasteiger partial charge on any atom is -0.480 e. The van der Waals surface area contributed by atoms with Crippen molar-refractivity contribution in [2.75, 3.05) is 13.1 Å². The molecular formula is C15H21NO3S. The van der Waals surface area contributed by atoms with Gasteiger partial charge in [0.2, 0.25) is 0 Å². The Kier molecular flexibility index (Phi) is 6.58. The van der Waals surface area contributed by atoms with Crippen molar-refractivity contribution in [3.63, 3.8) is 0 Å². The summed E-state index contributed by atoms with van der Waals surface area (Å²) in [6.07, 6.45) is 0.903. The first kappa shape index (κ1) is 16.6. The molecule has 0 bridgehead atoms. The Balaban J connectivity index is 3.00. The summed E-state index contributed by atoms with van der Waals surface area (Å²) in [4.78, 5) is 26.0. The second-order valence-corrected chi connectivity index (χ2v) is 5.86. The van der Waals surface area contributed by atoms with E-state index in [9.17, 15) is 9.59 Å². The third-order valence-electron chi connectivity index (χ3n) is 2.93. The van der Waals surface area contributed by atoms with Gasteiger partial charge < -0.3 is 10.0 Å². The lowest BCUT2D eigenvalue weighted by atomic mass is 10.2. The molecule has 0 heterocycles. The molecule has 0 aliphatic rings. The van der Waals surface area contributed by atoms with E-state index in [0.29, 0.717) is 18.7 Å². The summed E-state index contributed by atoms with van der Waals surface area (Å²) in [5.41, 5.74) is 0.584. The third-order valence-corrected chi connectivity index (χ3v) is 4.10. The van der Waals surface area contributed by atoms with E-state index < -0.39 is 11.2 Å². The number of thioether (sulfide) groups is 1. The molecule has 0 aliphatic carbocycles. The maximum absolute atomic E-state index is 12.5. The number of amides is 1. The van der Waals surface area contributed by atoms with Crippen LogP contribution < -0.4 is 0 Å². The standard InChI is InChI=1S/C15H21NO3S/c1-4-10-16(5-2)14(17)12-8-6-7-9-13(12)20-11(3)15(18)19/h6-9,11H,4-5,10H2,1-3H3,(H,18,19). The van der Waals surface area contributed by atoms with Crippen molar-refractivity contribution >= 4 is 23.6 Å². The van der Waals surface area contributed by atoms with Crippen LogP contribution in [0, 0.1) is 0 Å². The number of carbonyl (C=O) groups is 2. The Hall–Kier alpha value is -1.49. The van der Waals surface area contributed by atoms with Gasteiger partial charge in [0.1, 0.15) is 5.25 Å². The van der Waals surface area contributed by atoms with E-state index in [1.165, 1.54) is 11.8 Å². The minimum absolute atomic E-state index is 0.0324. The van der Waals surface area contributed by atoms with Crippen LogP contribution in [0.4, 0.5) is 0 Å². The number of carboxylic acid groups (broad SMARTS) is 1. The number of hydrogen-bond acceptors (Lipinski definition) is 3. The van der Waals surface area contributed by atoms with Gasteiger partial charge in [-0.15, -0.1) is 11.8 Å². The van der Waals surface area contributed by atoms with E-state index in [1.807, 2.05) is 26.0 Å². The fraction of sp³-hybridized carbons (Fsp3) is 0.467. The van der Waals surface area contributed by atoms with Gasteiger partial charge in [-0.25, -0.2) is 0 Å². The molecule has 110 valence electrons. The van der Waals surface area contributed by atoms with Crippen LogP contribution in [-0.4, -0.2) is 40.2 Å². The Morgan fingerprint density at radius 3 is 2.50 bits per heavy atom. The fourth-order valence-electron chi connectivity index (χ4n) is 1.83. The molecule has 20 heavy (non-hydrogen) atoms. The largest absolute Gasteiger partial charge is 0.480 e. The topological polar surface area (TPSA) is 57.6 Å². The number of benzene rings is 1. The van der Waals surface area contributed by atoms with Crippen molar-refractivity contribution in [1.82, 2.24) is 4.90 Å². The number of carbonyl (C=O) groups excluding carboxylic acids is 1. The SMILES string of the molecule is CCCN(CC)C(=O)c1ccccc1SC(C)C(=O)O. The zero-order valence-corrected chi connectivity index (χ0v) is 12.9. The predicted molar refractivity (Wildman–Crippen MR) is 81.3 cm³/mol. The number of rotatable bonds is 7. The van der Waals surface area contributed by atoms with Crippen molar-refractivity contribution in [2.24, 2.45) is 0 Å². The highest BCUT2D eigenvalue weighted by Gasteiger charge is 2.20. The van der Waals surface area contributed by atoms with Crippen molar-refractivity contribution in [3.8, 4) is 0 Å². The Bertz CT molecular complexity index is 476. The van der Waals surface area contributed by atoms with E-state index >= 15 is 0 Å². The number of hydrogen-bond donors (Lipinski definition) is 1. The summed E-state index contributed by atoms with van der Waals surface area (Å²) in [7, 11) is 0. The van der Waals surface area contributed by atoms with Crippen LogP contribution in [0.25, 0.3) is 0 Å². The van der Waals surface area contributed by atoms with Gasteiger partial charge in [-0.1, -0.05) is 19.1 Å². The first-order valence-corrected chi connectivity index (χ1v) is 7.66. The third kappa shape index (κ3) is 4.27. The van der Waals surface area contributed by atoms with Crippen LogP contribution in [0.15, 0.2) is 29.2 Å². The molecule has 0 saturated heterocycles. The van der Waals surface area contributed by atoms with Crippen molar-refractivity contribution < 1.29 is 14.7 Å². The van der Waals surface area contributed by atoms with Crippen molar-refractivity contribution in [3.05, 3.63) is 29.8 Å². The molecule has 1 unspecified atom stereocenters. The lowest BCUT2D eigenvalue weighted by Crippen LogP contribution is -2.32. The minimum atomic E-state index is -0.877. The molecule has 1 aromatic carbocycles. The Labute approximate surface area is 124 Å². The van der Waals surface area contributed by atoms with E-state index in [2.05, 4.69) is 0 Å². The summed E-state index contributed by atoms with van der Waals surface area (Å²) in [5, 5.41) is 8.42. The summed E-state index contributed by atoms with van der Waals surface area (Å²) in [6, 6.07) is 7.20. The van der Waals surface area contributed by atoms with Crippen LogP contribution in [0.3, 0.4) is 0 Å². The molecule has 1 N–H and O–H groups in total. The fourth-order valence-corrected chi connectivity index (χ4v) is 2.75. The van der Waals surface area contributed by atoms with E-state index in [4.69, 9.17) is 5.11 Å². The predicted octanol–water partition coefficient (Wildman–Crippen LogP) is 3.12. The molecule has 0 saturated carbocycles. The molecule has 4 nitrogen and oxygen atoms in total. The number of nitrogens with zero attached hydrogens (tertiary/aromatic N) is 1. The zero-order valence-electron chi connectivity index (χ0n) is 12.1. The van der Waals surface area contributed by atoms with Gasteiger partial charge in [0.25, 0.3) is 5.91 Å². The van der Waals surface area contributed by atoms with E-state index in [1.54, 1.807) is 24.0 Å². The molecule has 0 radical (unpaired) electrons. The lowest BCUT2D eigenvalue weighted by Gasteiger charge is -2.21. The summed E-state index contributed by atoms with van der Waals surface area (Å²) >= 11 is 1.21. The normalized spacial score (nSPS) is 11.9. The van der Waals surface area contributed by atoms with Crippen molar-refractivity contribution in [1.29, 1.82) is 0 Å². The average molecular weight is 295 g/mol. The first-order valence-electron chi connectivity index (χ1n) is 6.79. The van der Waals surface area contributed by atoms with Crippen LogP contribution in [0.2, 0.25) is 0 Å². The highest BCUT2D eigenvalue weighted by atomic mass is 32.2. The summed E-state index contributed by atoms with van der Waals surface area (Å²) < 4.78 is 0. The summed E-state index contributed by atoms with van der Waals surface area (Å²) in [6.45, 7) is 6.97. The monoisotopic (exact) mass is 295 g/mol. The van der Waals surface area contributed by atoms with Gasteiger partial charge >= 0.3 is 5.97 Å². The molecule has 1 atom stereocenters. The molecule has 1 rings (SSSR count). The van der Waals surface area contributed by atoms with Crippen LogP contribution in [0.5, 0.6) is 0 Å². The van der Waals surface area contributed by atoms with Gasteiger partial charge in [0, 0.05) is 18.0 Å². The highest BCUT2D eigenvalue weighted by Crippen LogP contribution is 2.27. The quantitative estimate of drug-likeness (QED) is 0.785. The second-order valence-electron chi connectivity index (χ2n) is 4.48. The average Bonchev–Trinajstić information content (AvgIpc) is 2.44. The molecule has 0 spiro atoms. The van der Waals surface area contributed by atoms with Crippen molar-refractivity contribution in [2.45, 2.75) is 37.3 Å². The maximum atomic E-state index is 12.5. The maximum Gasteiger partial charge on any atom is 0.316 e. The Morgan fingerprint density at radius 2 is 1.95 bits per heavy atom. The second kappa shape index (κ2) is 7.94. The molecular weight excluding hydrogens is 274 g/mol. The summed E-state index contributed by atoms with van der Waals surface area (Å²) in [5.74, 6) is -0.909. The van der Waals surface area contributed by atoms with Crippen LogP contribution in [0.1, 0.15) is 37.6 Å². The van der Waals surface area contributed by atoms with Gasteiger partial charge in [0.15, 0.2) is 0 Å². The molecule has 5 heteroatoms. The molecule has 0 fully saturated rings. The van der Waals surface area contributed by atoms with E-state index in [0.717, 1.165) is 11.3 Å². The van der Waals surface area contributed by atoms with Gasteiger partial charge in [0.05, 0.1) is 5.56 Å². The van der Waals surface area contributed by atoms with Crippen LogP contribution in [-0.2, 0) is 4.79 Å². The van der Waals surface area contributed by atoms with E-state index in [-0.39, 0.29) is 5.91 Å². The zero-order chi connectivity index (χ0) is 15.1. The molecule has 1 amide bonds. The molecule has 0 aromatic heterocycles. The molecule has 1 aromatic rings. The smallest absolute Gasteiger partial charge is 0.316 e. The number of aliphatic carboxylic acids is 1. The van der Waals surface area contributed by atoms with Gasteiger partial charge in [-0.2, -0.15) is 0 Å². The van der Waals surface area contributed by atoms with Crippen LogP contribution >= 0.6 is 11.8 Å². The van der Waals surface area contributed by atoms with Gasteiger partial charge in [-0.3, -0.25) is 9.59 Å². The molecule has 0 aliphatic heterocycles.